The van der Waals surface area contributed by atoms with E-state index in [9.17, 15) is 4.79 Å². The van der Waals surface area contributed by atoms with Crippen molar-refractivity contribution in [3.63, 3.8) is 0 Å². The summed E-state index contributed by atoms with van der Waals surface area (Å²) < 4.78 is 0. The number of hydrogen-bond donors (Lipinski definition) is 2. The summed E-state index contributed by atoms with van der Waals surface area (Å²) in [6, 6.07) is 11.0. The second kappa shape index (κ2) is 5.42. The van der Waals surface area contributed by atoms with Crippen LogP contribution in [0.25, 0.3) is 0 Å². The first kappa shape index (κ1) is 13.4. The topological polar surface area (TPSA) is 61.6 Å². The first-order valence-corrected chi connectivity index (χ1v) is 7.23. The predicted molar refractivity (Wildman–Crippen MR) is 78.3 cm³/mol. The molecule has 3 N–H and O–H groups in total. The lowest BCUT2D eigenvalue weighted by Gasteiger charge is -2.39. The van der Waals surface area contributed by atoms with Crippen LogP contribution in [0.3, 0.4) is 0 Å². The van der Waals surface area contributed by atoms with Gasteiger partial charge in [-0.25, -0.2) is 4.79 Å². The fraction of sp³-hybridized carbons (Fsp3) is 0.533. The molecule has 20 heavy (non-hydrogen) atoms. The molecule has 5 heteroatoms. The van der Waals surface area contributed by atoms with Gasteiger partial charge in [-0.2, -0.15) is 0 Å². The first-order valence-electron chi connectivity index (χ1n) is 7.23. The van der Waals surface area contributed by atoms with Crippen LogP contribution in [0.5, 0.6) is 0 Å². The van der Waals surface area contributed by atoms with Crippen molar-refractivity contribution in [2.75, 3.05) is 26.3 Å². The van der Waals surface area contributed by atoms with Gasteiger partial charge < -0.3 is 10.6 Å². The standard InChI is InChI=1S/C15H22N4O/c1-11(12-5-3-2-4-6-12)14-13-9-18(15(16)20)7-8-19(13)10-17-14/h2-6,11,13-14,17H,7-10H2,1H3,(H2,16,20)/t11-,13?,14?/m1/s1. The van der Waals surface area contributed by atoms with Crippen LogP contribution in [-0.2, 0) is 0 Å². The Bertz CT molecular complexity index is 478. The smallest absolute Gasteiger partial charge is 0.314 e. The third-order valence-electron chi connectivity index (χ3n) is 4.65. The van der Waals surface area contributed by atoms with Crippen LogP contribution in [0, 0.1) is 0 Å². The van der Waals surface area contributed by atoms with Gasteiger partial charge in [0.05, 0.1) is 0 Å². The molecule has 108 valence electrons. The summed E-state index contributed by atoms with van der Waals surface area (Å²) in [5.41, 5.74) is 6.77. The Morgan fingerprint density at radius 2 is 2.10 bits per heavy atom. The fourth-order valence-electron chi connectivity index (χ4n) is 3.42. The van der Waals surface area contributed by atoms with Gasteiger partial charge in [0.1, 0.15) is 0 Å². The molecular weight excluding hydrogens is 252 g/mol. The fourth-order valence-corrected chi connectivity index (χ4v) is 3.42. The van der Waals surface area contributed by atoms with E-state index in [1.54, 1.807) is 4.90 Å². The minimum Gasteiger partial charge on any atom is -0.351 e. The van der Waals surface area contributed by atoms with Gasteiger partial charge in [0.15, 0.2) is 0 Å². The van der Waals surface area contributed by atoms with E-state index in [0.29, 0.717) is 18.0 Å². The van der Waals surface area contributed by atoms with Crippen molar-refractivity contribution < 1.29 is 4.79 Å². The van der Waals surface area contributed by atoms with Crippen LogP contribution in [0.2, 0.25) is 0 Å². The largest absolute Gasteiger partial charge is 0.351 e. The first-order chi connectivity index (χ1) is 9.66. The molecule has 0 radical (unpaired) electrons. The molecular formula is C15H22N4O. The zero-order valence-electron chi connectivity index (χ0n) is 11.8. The van der Waals surface area contributed by atoms with Gasteiger partial charge in [0, 0.05) is 38.4 Å². The number of hydrogen-bond acceptors (Lipinski definition) is 3. The Hall–Kier alpha value is -1.59. The molecule has 1 aromatic rings. The van der Waals surface area contributed by atoms with Crippen LogP contribution >= 0.6 is 0 Å². The number of rotatable bonds is 2. The molecule has 2 fully saturated rings. The number of fused-ring (bicyclic) bond motifs is 1. The number of benzene rings is 1. The van der Waals surface area contributed by atoms with E-state index >= 15 is 0 Å². The Morgan fingerprint density at radius 3 is 2.80 bits per heavy atom. The summed E-state index contributed by atoms with van der Waals surface area (Å²) in [6.07, 6.45) is 0. The Kier molecular flexibility index (Phi) is 3.63. The Morgan fingerprint density at radius 1 is 1.35 bits per heavy atom. The maximum Gasteiger partial charge on any atom is 0.314 e. The minimum absolute atomic E-state index is 0.303. The lowest BCUT2D eigenvalue weighted by Crippen LogP contribution is -2.56. The molecule has 1 aromatic carbocycles. The average molecular weight is 274 g/mol. The van der Waals surface area contributed by atoms with Gasteiger partial charge in [0.25, 0.3) is 0 Å². The summed E-state index contributed by atoms with van der Waals surface area (Å²) in [5, 5.41) is 3.60. The second-order valence-corrected chi connectivity index (χ2v) is 5.75. The zero-order chi connectivity index (χ0) is 14.1. The number of carbonyl (C=O) groups excluding carboxylic acids is 1. The SMILES string of the molecule is C[C@H](c1ccccc1)C1NCN2CCN(C(N)=O)CC12. The van der Waals surface area contributed by atoms with Crippen LogP contribution < -0.4 is 11.1 Å². The van der Waals surface area contributed by atoms with Gasteiger partial charge in [-0.15, -0.1) is 0 Å². The molecule has 0 spiro atoms. The molecule has 2 amide bonds. The van der Waals surface area contributed by atoms with Gasteiger partial charge in [-0.05, 0) is 11.5 Å². The molecule has 3 atom stereocenters. The highest BCUT2D eigenvalue weighted by atomic mass is 16.2. The number of carbonyl (C=O) groups is 1. The van der Waals surface area contributed by atoms with Crippen LogP contribution in [0.1, 0.15) is 18.4 Å². The summed E-state index contributed by atoms with van der Waals surface area (Å²) >= 11 is 0. The quantitative estimate of drug-likeness (QED) is 0.838. The van der Waals surface area contributed by atoms with Crippen LogP contribution in [-0.4, -0.2) is 54.2 Å². The molecule has 2 aliphatic rings. The molecule has 2 unspecified atom stereocenters. The third-order valence-corrected chi connectivity index (χ3v) is 4.65. The molecule has 0 aliphatic carbocycles. The molecule has 0 saturated carbocycles. The van der Waals surface area contributed by atoms with Crippen molar-refractivity contribution in [1.82, 2.24) is 15.1 Å². The van der Waals surface area contributed by atoms with Gasteiger partial charge in [0.2, 0.25) is 0 Å². The highest BCUT2D eigenvalue weighted by Gasteiger charge is 2.41. The third kappa shape index (κ3) is 2.39. The molecule has 3 rings (SSSR count). The van der Waals surface area contributed by atoms with Crippen molar-refractivity contribution in [1.29, 1.82) is 0 Å². The molecule has 2 heterocycles. The predicted octanol–water partition coefficient (Wildman–Crippen LogP) is 0.784. The summed E-state index contributed by atoms with van der Waals surface area (Å²) in [4.78, 5) is 15.6. The highest BCUT2D eigenvalue weighted by molar-refractivity contribution is 5.72. The number of nitrogens with two attached hydrogens (primary N) is 1. The van der Waals surface area contributed by atoms with E-state index in [1.165, 1.54) is 5.56 Å². The maximum atomic E-state index is 11.4. The normalized spacial score (nSPS) is 28.1. The van der Waals surface area contributed by atoms with E-state index < -0.39 is 0 Å². The lowest BCUT2D eigenvalue weighted by molar-refractivity contribution is 0.114. The summed E-state index contributed by atoms with van der Waals surface area (Å²) in [6.45, 7) is 5.52. The van der Waals surface area contributed by atoms with Crippen LogP contribution in [0.15, 0.2) is 30.3 Å². The summed E-state index contributed by atoms with van der Waals surface area (Å²) in [5.74, 6) is 0.416. The van der Waals surface area contributed by atoms with E-state index in [4.69, 9.17) is 5.73 Å². The highest BCUT2D eigenvalue weighted by Crippen LogP contribution is 2.28. The van der Waals surface area contributed by atoms with Gasteiger partial charge in [-0.3, -0.25) is 10.2 Å². The van der Waals surface area contributed by atoms with Gasteiger partial charge >= 0.3 is 6.03 Å². The number of nitrogens with one attached hydrogen (secondary N) is 1. The summed E-state index contributed by atoms with van der Waals surface area (Å²) in [7, 11) is 0. The number of nitrogens with zero attached hydrogens (tertiary/aromatic N) is 2. The molecule has 5 nitrogen and oxygen atoms in total. The van der Waals surface area contributed by atoms with E-state index in [0.717, 1.165) is 26.3 Å². The van der Waals surface area contributed by atoms with Crippen molar-refractivity contribution in [2.24, 2.45) is 5.73 Å². The molecule has 0 aromatic heterocycles. The number of urea groups is 1. The van der Waals surface area contributed by atoms with Gasteiger partial charge in [-0.1, -0.05) is 37.3 Å². The molecule has 0 bridgehead atoms. The average Bonchev–Trinajstić information content (AvgIpc) is 2.90. The van der Waals surface area contributed by atoms with Crippen molar-refractivity contribution in [3.8, 4) is 0 Å². The van der Waals surface area contributed by atoms with E-state index in [1.807, 2.05) is 6.07 Å². The number of primary amides is 1. The maximum absolute atomic E-state index is 11.4. The van der Waals surface area contributed by atoms with Crippen molar-refractivity contribution in [3.05, 3.63) is 35.9 Å². The lowest BCUT2D eigenvalue weighted by atomic mass is 9.88. The second-order valence-electron chi connectivity index (χ2n) is 5.75. The Balaban J connectivity index is 1.76. The van der Waals surface area contributed by atoms with E-state index in [-0.39, 0.29) is 6.03 Å². The van der Waals surface area contributed by atoms with E-state index in [2.05, 4.69) is 41.4 Å². The molecule has 2 aliphatic heterocycles. The minimum atomic E-state index is -0.303. The van der Waals surface area contributed by atoms with Crippen molar-refractivity contribution in [2.45, 2.75) is 24.9 Å². The molecule has 2 saturated heterocycles. The monoisotopic (exact) mass is 274 g/mol. The number of amides is 2. The zero-order valence-corrected chi connectivity index (χ0v) is 11.8. The Labute approximate surface area is 119 Å². The van der Waals surface area contributed by atoms with Crippen molar-refractivity contribution >= 4 is 6.03 Å². The number of piperazine rings is 1. The van der Waals surface area contributed by atoms with Crippen LogP contribution in [0.4, 0.5) is 4.79 Å².